The Morgan fingerprint density at radius 3 is 3.00 bits per heavy atom. The van der Waals surface area contributed by atoms with E-state index in [4.69, 9.17) is 4.98 Å². The highest BCUT2D eigenvalue weighted by Crippen LogP contribution is 2.48. The molecule has 3 fully saturated rings. The number of hydrogen-bond acceptors (Lipinski definition) is 5. The Balaban J connectivity index is 1.45. The van der Waals surface area contributed by atoms with Crippen LogP contribution in [0.1, 0.15) is 50.1 Å². The molecule has 3 atom stereocenters. The van der Waals surface area contributed by atoms with E-state index in [9.17, 15) is 9.59 Å². The molecule has 5 nitrogen and oxygen atoms in total. The maximum Gasteiger partial charge on any atom is 0.246 e. The maximum atomic E-state index is 13.5. The molecule has 7 heteroatoms. The van der Waals surface area contributed by atoms with Crippen LogP contribution in [-0.4, -0.2) is 49.8 Å². The monoisotopic (exact) mass is 401 g/mol. The summed E-state index contributed by atoms with van der Waals surface area (Å²) in [5, 5.41) is 1.03. The van der Waals surface area contributed by atoms with Gasteiger partial charge in [-0.2, -0.15) is 0 Å². The van der Waals surface area contributed by atoms with E-state index in [2.05, 4.69) is 13.0 Å². The number of amides is 2. The molecule has 0 radical (unpaired) electrons. The Hall–Kier alpha value is -1.60. The fourth-order valence-corrected chi connectivity index (χ4v) is 7.22. The summed E-state index contributed by atoms with van der Waals surface area (Å²) in [5.74, 6) is 0.962. The fourth-order valence-electron chi connectivity index (χ4n) is 4.68. The van der Waals surface area contributed by atoms with Gasteiger partial charge in [0.05, 0.1) is 21.1 Å². The number of fused-ring (bicyclic) bond motifs is 2. The zero-order chi connectivity index (χ0) is 18.6. The number of carbonyl (C=O) groups excluding carboxylic acids is 2. The SMILES string of the molecule is CC12CCC(=O)N1C(C(=O)N1CCCCC1c1nc3ccccc3s1)CS2. The lowest BCUT2D eigenvalue weighted by Crippen LogP contribution is -2.53. The van der Waals surface area contributed by atoms with Crippen LogP contribution in [0.3, 0.4) is 0 Å². The number of nitrogens with zero attached hydrogens (tertiary/aromatic N) is 3. The van der Waals surface area contributed by atoms with Crippen molar-refractivity contribution in [2.75, 3.05) is 12.3 Å². The summed E-state index contributed by atoms with van der Waals surface area (Å²) in [5.41, 5.74) is 1.01. The van der Waals surface area contributed by atoms with Crippen LogP contribution >= 0.6 is 23.1 Å². The Bertz CT molecular complexity index is 881. The van der Waals surface area contributed by atoms with Gasteiger partial charge in [-0.1, -0.05) is 12.1 Å². The first-order valence-electron chi connectivity index (χ1n) is 9.69. The normalized spacial score (nSPS) is 30.9. The Morgan fingerprint density at radius 2 is 2.15 bits per heavy atom. The van der Waals surface area contributed by atoms with Crippen LogP contribution in [-0.2, 0) is 9.59 Å². The predicted molar refractivity (Wildman–Crippen MR) is 109 cm³/mol. The van der Waals surface area contributed by atoms with Crippen LogP contribution in [0.4, 0.5) is 0 Å². The molecule has 5 rings (SSSR count). The largest absolute Gasteiger partial charge is 0.331 e. The highest BCUT2D eigenvalue weighted by atomic mass is 32.2. The van der Waals surface area contributed by atoms with Gasteiger partial charge in [-0.05, 0) is 44.7 Å². The van der Waals surface area contributed by atoms with Crippen molar-refractivity contribution in [1.82, 2.24) is 14.8 Å². The van der Waals surface area contributed by atoms with Gasteiger partial charge in [0.1, 0.15) is 11.0 Å². The van der Waals surface area contributed by atoms with E-state index in [0.717, 1.165) is 42.8 Å². The Labute approximate surface area is 167 Å². The van der Waals surface area contributed by atoms with Crippen molar-refractivity contribution in [3.63, 3.8) is 0 Å². The fraction of sp³-hybridized carbons (Fsp3) is 0.550. The molecule has 0 aliphatic carbocycles. The molecular formula is C20H23N3O2S2. The minimum absolute atomic E-state index is 0.0400. The second-order valence-electron chi connectivity index (χ2n) is 7.83. The molecule has 0 N–H and O–H groups in total. The molecule has 0 spiro atoms. The number of aromatic nitrogens is 1. The van der Waals surface area contributed by atoms with Crippen LogP contribution in [0.2, 0.25) is 0 Å². The number of rotatable bonds is 2. The van der Waals surface area contributed by atoms with Gasteiger partial charge in [0.2, 0.25) is 11.8 Å². The van der Waals surface area contributed by atoms with Crippen LogP contribution in [0, 0.1) is 0 Å². The summed E-state index contributed by atoms with van der Waals surface area (Å²) in [6.45, 7) is 2.87. The summed E-state index contributed by atoms with van der Waals surface area (Å²) < 4.78 is 1.17. The maximum absolute atomic E-state index is 13.5. The first-order chi connectivity index (χ1) is 13.1. The molecule has 2 aromatic rings. The zero-order valence-electron chi connectivity index (χ0n) is 15.4. The van der Waals surface area contributed by atoms with E-state index in [1.807, 2.05) is 28.0 Å². The number of piperidine rings is 1. The molecule has 4 heterocycles. The average Bonchev–Trinajstić information content (AvgIpc) is 3.34. The third-order valence-corrected chi connectivity index (χ3v) is 8.75. The molecule has 3 saturated heterocycles. The van der Waals surface area contributed by atoms with Gasteiger partial charge in [0, 0.05) is 18.7 Å². The second kappa shape index (κ2) is 6.48. The molecular weight excluding hydrogens is 378 g/mol. The topological polar surface area (TPSA) is 53.5 Å². The highest BCUT2D eigenvalue weighted by Gasteiger charge is 2.54. The minimum atomic E-state index is -0.315. The molecule has 1 aromatic carbocycles. The quantitative estimate of drug-likeness (QED) is 0.768. The smallest absolute Gasteiger partial charge is 0.246 e. The Morgan fingerprint density at radius 1 is 1.30 bits per heavy atom. The first kappa shape index (κ1) is 17.5. The van der Waals surface area contributed by atoms with Crippen molar-refractivity contribution in [3.8, 4) is 0 Å². The molecule has 3 unspecified atom stereocenters. The second-order valence-corrected chi connectivity index (χ2v) is 10.4. The first-order valence-corrected chi connectivity index (χ1v) is 11.5. The standard InChI is InChI=1S/C20H23N3O2S2/c1-20-10-9-17(24)23(20)15(12-26-20)19(25)22-11-5-4-7-14(22)18-21-13-6-2-3-8-16(13)27-18/h2-3,6,8,14-15H,4-5,7,9-12H2,1H3. The van der Waals surface area contributed by atoms with Crippen LogP contribution in [0.25, 0.3) is 10.2 Å². The molecule has 27 heavy (non-hydrogen) atoms. The lowest BCUT2D eigenvalue weighted by atomic mass is 10.0. The summed E-state index contributed by atoms with van der Waals surface area (Å²) in [7, 11) is 0. The van der Waals surface area contributed by atoms with Crippen LogP contribution < -0.4 is 0 Å². The third kappa shape index (κ3) is 2.78. The number of thiazole rings is 1. The third-order valence-electron chi connectivity index (χ3n) is 6.11. The molecule has 0 bridgehead atoms. The van der Waals surface area contributed by atoms with Gasteiger partial charge < -0.3 is 9.80 Å². The van der Waals surface area contributed by atoms with Crippen molar-refractivity contribution in [2.45, 2.75) is 56.0 Å². The Kier molecular flexibility index (Phi) is 4.20. The predicted octanol–water partition coefficient (Wildman–Crippen LogP) is 3.80. The van der Waals surface area contributed by atoms with Crippen molar-refractivity contribution in [1.29, 1.82) is 0 Å². The average molecular weight is 402 g/mol. The van der Waals surface area contributed by atoms with Gasteiger partial charge in [-0.15, -0.1) is 23.1 Å². The number of likely N-dealkylation sites (tertiary alicyclic amines) is 1. The van der Waals surface area contributed by atoms with E-state index in [1.54, 1.807) is 23.1 Å². The van der Waals surface area contributed by atoms with Gasteiger partial charge in [0.25, 0.3) is 0 Å². The van der Waals surface area contributed by atoms with Crippen LogP contribution in [0.5, 0.6) is 0 Å². The van der Waals surface area contributed by atoms with E-state index in [1.165, 1.54) is 4.70 Å². The van der Waals surface area contributed by atoms with Crippen LogP contribution in [0.15, 0.2) is 24.3 Å². The molecule has 0 saturated carbocycles. The van der Waals surface area contributed by atoms with Crippen molar-refractivity contribution < 1.29 is 9.59 Å². The number of para-hydroxylation sites is 1. The minimum Gasteiger partial charge on any atom is -0.331 e. The van der Waals surface area contributed by atoms with E-state index in [0.29, 0.717) is 12.2 Å². The summed E-state index contributed by atoms with van der Waals surface area (Å²) in [4.78, 5) is 34.5. The van der Waals surface area contributed by atoms with E-state index < -0.39 is 0 Å². The summed E-state index contributed by atoms with van der Waals surface area (Å²) >= 11 is 3.46. The lowest BCUT2D eigenvalue weighted by molar-refractivity contribution is -0.146. The summed E-state index contributed by atoms with van der Waals surface area (Å²) in [6.07, 6.45) is 4.51. The van der Waals surface area contributed by atoms with Crippen molar-refractivity contribution >= 4 is 45.1 Å². The van der Waals surface area contributed by atoms with E-state index in [-0.39, 0.29) is 28.8 Å². The number of hydrogen-bond donors (Lipinski definition) is 0. The van der Waals surface area contributed by atoms with Crippen molar-refractivity contribution in [3.05, 3.63) is 29.3 Å². The molecule has 3 aliphatic rings. The van der Waals surface area contributed by atoms with E-state index >= 15 is 0 Å². The van der Waals surface area contributed by atoms with Gasteiger partial charge in [0.15, 0.2) is 0 Å². The molecule has 1 aromatic heterocycles. The van der Waals surface area contributed by atoms with Gasteiger partial charge in [-0.3, -0.25) is 9.59 Å². The zero-order valence-corrected chi connectivity index (χ0v) is 17.0. The van der Waals surface area contributed by atoms with Crippen molar-refractivity contribution in [2.24, 2.45) is 0 Å². The van der Waals surface area contributed by atoms with Gasteiger partial charge >= 0.3 is 0 Å². The number of thioether (sulfide) groups is 1. The summed E-state index contributed by atoms with van der Waals surface area (Å²) in [6, 6.07) is 7.89. The highest BCUT2D eigenvalue weighted by molar-refractivity contribution is 8.01. The molecule has 2 amide bonds. The molecule has 142 valence electrons. The number of carbonyl (C=O) groups is 2. The van der Waals surface area contributed by atoms with Gasteiger partial charge in [-0.25, -0.2) is 4.98 Å². The number of benzene rings is 1. The molecule has 3 aliphatic heterocycles. The lowest BCUT2D eigenvalue weighted by Gasteiger charge is -2.38.